The molecule has 0 saturated carbocycles. The molecule has 0 radical (unpaired) electrons. The number of ether oxygens (including phenoxy) is 1. The predicted molar refractivity (Wildman–Crippen MR) is 87.6 cm³/mol. The van der Waals surface area contributed by atoms with Crippen LogP contribution < -0.4 is 3.80 Å². The fraction of sp³-hybridized carbons (Fsp3) is 0.286. The van der Waals surface area contributed by atoms with Crippen LogP contribution in [0.15, 0.2) is 34.5 Å². The van der Waals surface area contributed by atoms with Crippen molar-refractivity contribution in [2.24, 2.45) is 0 Å². The average molecular weight is 401 g/mol. The van der Waals surface area contributed by atoms with Crippen molar-refractivity contribution in [1.29, 1.82) is 0 Å². The summed E-state index contributed by atoms with van der Waals surface area (Å²) in [6, 6.07) is 6.82. The van der Waals surface area contributed by atoms with Crippen molar-refractivity contribution >= 4 is 43.8 Å². The van der Waals surface area contributed by atoms with Crippen molar-refractivity contribution in [3.8, 4) is 0 Å². The van der Waals surface area contributed by atoms with Crippen molar-refractivity contribution in [3.63, 3.8) is 0 Å². The Morgan fingerprint density at radius 2 is 2.00 bits per heavy atom. The molecule has 0 aliphatic rings. The molecule has 1 aromatic heterocycles. The quantitative estimate of drug-likeness (QED) is 0.534. The van der Waals surface area contributed by atoms with Gasteiger partial charge in [0.1, 0.15) is 0 Å². The Morgan fingerprint density at radius 3 is 2.64 bits per heavy atom. The van der Waals surface area contributed by atoms with E-state index in [-0.39, 0.29) is 12.4 Å². The third-order valence-electron chi connectivity index (χ3n) is 2.74. The summed E-state index contributed by atoms with van der Waals surface area (Å²) in [5.74, 6) is -0.347. The van der Waals surface area contributed by atoms with Crippen molar-refractivity contribution in [3.05, 3.63) is 40.9 Å². The normalized spacial score (nSPS) is 11.9. The van der Waals surface area contributed by atoms with Crippen molar-refractivity contribution in [2.45, 2.75) is 25.2 Å². The SMILES string of the molecule is CCOC(=O)Cc1csc([AsH]S(=O)(=O)c2ccc(C)cc2)n1. The number of thiazole rings is 1. The van der Waals surface area contributed by atoms with Gasteiger partial charge in [0.05, 0.1) is 0 Å². The van der Waals surface area contributed by atoms with Crippen LogP contribution in [0.2, 0.25) is 0 Å². The minimum absolute atomic E-state index is 0.0844. The number of aromatic nitrogens is 1. The second-order valence-corrected chi connectivity index (χ2v) is 13.5. The van der Waals surface area contributed by atoms with Crippen LogP contribution in [0.5, 0.6) is 0 Å². The van der Waals surface area contributed by atoms with E-state index < -0.39 is 22.7 Å². The molecule has 1 atom stereocenters. The summed E-state index contributed by atoms with van der Waals surface area (Å²) in [5, 5.41) is 1.72. The molecule has 22 heavy (non-hydrogen) atoms. The van der Waals surface area contributed by atoms with Gasteiger partial charge in [-0.1, -0.05) is 0 Å². The Labute approximate surface area is 139 Å². The van der Waals surface area contributed by atoms with E-state index in [4.69, 9.17) is 4.74 Å². The Kier molecular flexibility index (Phi) is 5.78. The van der Waals surface area contributed by atoms with Crippen LogP contribution in [0.3, 0.4) is 0 Å². The second-order valence-electron chi connectivity index (χ2n) is 4.54. The van der Waals surface area contributed by atoms with Crippen LogP contribution >= 0.6 is 11.3 Å². The maximum atomic E-state index is 12.4. The summed E-state index contributed by atoms with van der Waals surface area (Å²) in [4.78, 5) is 16.0. The molecular formula is C14H16AsNO4S2. The van der Waals surface area contributed by atoms with E-state index in [1.165, 1.54) is 11.3 Å². The van der Waals surface area contributed by atoms with Crippen molar-refractivity contribution in [2.75, 3.05) is 6.61 Å². The predicted octanol–water partition coefficient (Wildman–Crippen LogP) is 1.01. The summed E-state index contributed by atoms with van der Waals surface area (Å²) in [7, 11) is -3.30. The van der Waals surface area contributed by atoms with Gasteiger partial charge in [0.2, 0.25) is 0 Å². The van der Waals surface area contributed by atoms with Gasteiger partial charge in [-0.15, -0.1) is 0 Å². The van der Waals surface area contributed by atoms with Crippen LogP contribution in [0.4, 0.5) is 0 Å². The zero-order valence-electron chi connectivity index (χ0n) is 12.2. The van der Waals surface area contributed by atoms with E-state index >= 15 is 0 Å². The number of nitrogens with zero attached hydrogens (tertiary/aromatic N) is 1. The fourth-order valence-electron chi connectivity index (χ4n) is 1.69. The fourth-order valence-corrected chi connectivity index (χ4v) is 9.94. The molecule has 0 N–H and O–H groups in total. The number of benzene rings is 1. The van der Waals surface area contributed by atoms with Gasteiger partial charge in [-0.25, -0.2) is 0 Å². The molecule has 0 spiro atoms. The first-order valence-electron chi connectivity index (χ1n) is 6.60. The topological polar surface area (TPSA) is 73.3 Å². The van der Waals surface area contributed by atoms with Crippen molar-refractivity contribution < 1.29 is 17.9 Å². The van der Waals surface area contributed by atoms with E-state index in [2.05, 4.69) is 4.98 Å². The van der Waals surface area contributed by atoms with Gasteiger partial charge in [0.25, 0.3) is 0 Å². The maximum absolute atomic E-state index is 12.4. The second kappa shape index (κ2) is 7.40. The van der Waals surface area contributed by atoms with Gasteiger partial charge in [0.15, 0.2) is 0 Å². The van der Waals surface area contributed by atoms with Crippen LogP contribution in [0, 0.1) is 6.92 Å². The monoisotopic (exact) mass is 401 g/mol. The number of carbonyl (C=O) groups is 1. The van der Waals surface area contributed by atoms with Gasteiger partial charge in [-0.3, -0.25) is 0 Å². The third-order valence-corrected chi connectivity index (χ3v) is 11.3. The van der Waals surface area contributed by atoms with Gasteiger partial charge in [-0.05, 0) is 0 Å². The number of carbonyl (C=O) groups excluding carboxylic acids is 1. The number of hydrogen-bond acceptors (Lipinski definition) is 6. The molecule has 2 rings (SSSR count). The Hall–Kier alpha value is -1.17. The summed E-state index contributed by atoms with van der Waals surface area (Å²) < 4.78 is 30.2. The van der Waals surface area contributed by atoms with Gasteiger partial charge in [-0.2, -0.15) is 0 Å². The molecule has 0 aliphatic carbocycles. The van der Waals surface area contributed by atoms with E-state index in [0.717, 1.165) is 5.56 Å². The molecule has 5 nitrogen and oxygen atoms in total. The molecule has 0 amide bonds. The first kappa shape index (κ1) is 17.2. The van der Waals surface area contributed by atoms with E-state index in [1.807, 2.05) is 6.92 Å². The minimum atomic E-state index is -3.30. The Balaban J connectivity index is 2.09. The van der Waals surface area contributed by atoms with Crippen molar-refractivity contribution in [1.82, 2.24) is 4.98 Å². The zero-order chi connectivity index (χ0) is 16.2. The van der Waals surface area contributed by atoms with Crippen LogP contribution in [-0.4, -0.2) is 40.6 Å². The van der Waals surface area contributed by atoms with Gasteiger partial charge < -0.3 is 0 Å². The number of rotatable bonds is 6. The molecule has 118 valence electrons. The molecule has 0 bridgehead atoms. The summed E-state index contributed by atoms with van der Waals surface area (Å²) in [5.41, 5.74) is 1.59. The molecular weight excluding hydrogens is 385 g/mol. The average Bonchev–Trinajstić information content (AvgIpc) is 2.85. The number of aryl methyl sites for hydroxylation is 1. The van der Waals surface area contributed by atoms with E-state index in [0.29, 0.717) is 21.0 Å². The van der Waals surface area contributed by atoms with Crippen LogP contribution in [0.1, 0.15) is 18.2 Å². The summed E-state index contributed by atoms with van der Waals surface area (Å²) >= 11 is -0.156. The molecule has 1 heterocycles. The molecule has 2 aromatic rings. The first-order valence-corrected chi connectivity index (χ1v) is 12.6. The summed E-state index contributed by atoms with van der Waals surface area (Å²) in [6.45, 7) is 3.98. The molecule has 0 fully saturated rings. The van der Waals surface area contributed by atoms with Gasteiger partial charge >= 0.3 is 139 Å². The van der Waals surface area contributed by atoms with E-state index in [1.54, 1.807) is 36.6 Å². The number of esters is 1. The summed E-state index contributed by atoms with van der Waals surface area (Å²) in [6.07, 6.45) is 0.0844. The molecule has 0 aliphatic heterocycles. The van der Waals surface area contributed by atoms with Crippen LogP contribution in [-0.2, 0) is 24.1 Å². The number of hydrogen-bond donors (Lipinski definition) is 0. The molecule has 0 saturated heterocycles. The van der Waals surface area contributed by atoms with Crippen LogP contribution in [0.25, 0.3) is 0 Å². The molecule has 8 heteroatoms. The Bertz CT molecular complexity index is 753. The zero-order valence-corrected chi connectivity index (χ0v) is 15.9. The first-order chi connectivity index (χ1) is 10.4. The Morgan fingerprint density at radius 1 is 1.32 bits per heavy atom. The van der Waals surface area contributed by atoms with Gasteiger partial charge in [0, 0.05) is 0 Å². The standard InChI is InChI=1S/C14H16AsNO4S2/c1-3-20-13(17)8-11-9-21-14(16-11)15-22(18,19)12-6-4-10(2)5-7-12/h4-7,9,15H,3,8H2,1-2H3. The molecule has 1 aromatic carbocycles. The van der Waals surface area contributed by atoms with E-state index in [9.17, 15) is 13.2 Å². The molecule has 1 unspecified atom stereocenters. The third kappa shape index (κ3) is 4.66.